The third-order valence-electron chi connectivity index (χ3n) is 4.70. The molecule has 0 spiro atoms. The summed E-state index contributed by atoms with van der Waals surface area (Å²) in [7, 11) is 0. The van der Waals surface area contributed by atoms with E-state index in [1.165, 1.54) is 11.8 Å². The molecular formula is C20H19N7O2S. The second kappa shape index (κ2) is 7.81. The third-order valence-corrected chi connectivity index (χ3v) is 5.56. The summed E-state index contributed by atoms with van der Waals surface area (Å²) in [5.74, 6) is 1.44. The van der Waals surface area contributed by atoms with Gasteiger partial charge in [0, 0.05) is 28.8 Å². The second-order valence-corrected chi connectivity index (χ2v) is 8.07. The maximum absolute atomic E-state index is 11.9. The van der Waals surface area contributed by atoms with Crippen molar-refractivity contribution in [2.45, 2.75) is 29.5 Å². The van der Waals surface area contributed by atoms with Gasteiger partial charge >= 0.3 is 0 Å². The van der Waals surface area contributed by atoms with Gasteiger partial charge in [0.25, 0.3) is 0 Å². The number of anilines is 3. The van der Waals surface area contributed by atoms with Gasteiger partial charge in [-0.25, -0.2) is 9.50 Å². The number of H-pyrrole nitrogens is 1. The Morgan fingerprint density at radius 1 is 1.27 bits per heavy atom. The molecule has 0 atom stereocenters. The van der Waals surface area contributed by atoms with Crippen LogP contribution >= 0.6 is 11.8 Å². The smallest absolute Gasteiger partial charge is 0.227 e. The quantitative estimate of drug-likeness (QED) is 0.362. The van der Waals surface area contributed by atoms with E-state index in [4.69, 9.17) is 0 Å². The minimum atomic E-state index is -0.114. The average Bonchev–Trinajstić information content (AvgIpc) is 3.33. The predicted molar refractivity (Wildman–Crippen MR) is 113 cm³/mol. The van der Waals surface area contributed by atoms with Gasteiger partial charge in [-0.3, -0.25) is 9.89 Å². The lowest BCUT2D eigenvalue weighted by Crippen LogP contribution is -2.12. The molecule has 3 aromatic heterocycles. The fraction of sp³-hybridized carbons (Fsp3) is 0.200. The number of aromatic nitrogens is 5. The van der Waals surface area contributed by atoms with E-state index in [9.17, 15) is 9.90 Å². The number of aromatic amines is 1. The van der Waals surface area contributed by atoms with Crippen molar-refractivity contribution in [2.24, 2.45) is 5.92 Å². The van der Waals surface area contributed by atoms with Gasteiger partial charge in [-0.2, -0.15) is 5.10 Å². The summed E-state index contributed by atoms with van der Waals surface area (Å²) in [4.78, 5) is 17.5. The first kappa shape index (κ1) is 18.6. The van der Waals surface area contributed by atoms with Crippen LogP contribution in [-0.4, -0.2) is 35.8 Å². The molecule has 4 aromatic rings. The minimum absolute atomic E-state index is 0.0928. The lowest BCUT2D eigenvalue weighted by Gasteiger charge is -2.08. The molecule has 1 saturated carbocycles. The number of rotatable bonds is 7. The van der Waals surface area contributed by atoms with Gasteiger partial charge < -0.3 is 15.7 Å². The van der Waals surface area contributed by atoms with Gasteiger partial charge in [0.2, 0.25) is 11.1 Å². The number of aliphatic hydroxyl groups is 1. The first-order chi connectivity index (χ1) is 14.7. The summed E-state index contributed by atoms with van der Waals surface area (Å²) in [6.45, 7) is -0.114. The van der Waals surface area contributed by atoms with E-state index in [0.29, 0.717) is 22.5 Å². The van der Waals surface area contributed by atoms with E-state index in [2.05, 4.69) is 30.9 Å². The normalized spacial score (nSPS) is 13.5. The molecule has 0 unspecified atom stereocenters. The molecule has 1 aromatic carbocycles. The molecule has 0 bridgehead atoms. The van der Waals surface area contributed by atoms with E-state index in [0.717, 1.165) is 28.9 Å². The third kappa shape index (κ3) is 4.00. The van der Waals surface area contributed by atoms with Crippen LogP contribution in [0.3, 0.4) is 0 Å². The van der Waals surface area contributed by atoms with Gasteiger partial charge in [0.1, 0.15) is 5.52 Å². The van der Waals surface area contributed by atoms with Crippen LogP contribution in [0.1, 0.15) is 18.5 Å². The van der Waals surface area contributed by atoms with Crippen molar-refractivity contribution in [1.82, 2.24) is 24.8 Å². The maximum Gasteiger partial charge on any atom is 0.227 e. The Kier molecular flexibility index (Phi) is 4.85. The molecule has 10 heteroatoms. The van der Waals surface area contributed by atoms with Gasteiger partial charge in [-0.05, 0) is 61.0 Å². The number of amides is 1. The zero-order valence-corrected chi connectivity index (χ0v) is 16.7. The van der Waals surface area contributed by atoms with Gasteiger partial charge in [-0.15, -0.1) is 5.10 Å². The lowest BCUT2D eigenvalue weighted by atomic mass is 10.3. The number of benzene rings is 1. The van der Waals surface area contributed by atoms with E-state index >= 15 is 0 Å². The molecule has 4 N–H and O–H groups in total. The SMILES string of the molecule is O=C(Nc1ccc(Sc2nc(Nc3cc(CO)[nH]n3)c3cccn3n2)cc1)C1CC1. The minimum Gasteiger partial charge on any atom is -0.390 e. The summed E-state index contributed by atoms with van der Waals surface area (Å²) in [5.41, 5.74) is 2.21. The topological polar surface area (TPSA) is 120 Å². The van der Waals surface area contributed by atoms with Crippen molar-refractivity contribution in [3.05, 3.63) is 54.4 Å². The van der Waals surface area contributed by atoms with Gasteiger partial charge in [0.15, 0.2) is 11.6 Å². The molecule has 152 valence electrons. The standard InChI is InChI=1S/C20H19N7O2S/c28-11-14-10-17(25-24-14)22-18-16-2-1-9-27(16)26-20(23-18)30-15-7-5-13(6-8-15)21-19(29)12-3-4-12/h1-2,5-10,12,28H,3-4,11H2,(H,21,29)(H2,22,23,24,25,26). The molecule has 5 rings (SSSR count). The number of carbonyl (C=O) groups excluding carboxylic acids is 1. The first-order valence-electron chi connectivity index (χ1n) is 9.54. The van der Waals surface area contributed by atoms with Gasteiger partial charge in [-0.1, -0.05) is 0 Å². The summed E-state index contributed by atoms with van der Waals surface area (Å²) in [6, 6.07) is 13.2. The van der Waals surface area contributed by atoms with Crippen molar-refractivity contribution in [3.8, 4) is 0 Å². The van der Waals surface area contributed by atoms with E-state index in [1.807, 2.05) is 42.6 Å². The molecule has 0 aliphatic heterocycles. The summed E-state index contributed by atoms with van der Waals surface area (Å²) in [6.07, 6.45) is 3.82. The number of nitrogens with zero attached hydrogens (tertiary/aromatic N) is 4. The number of aliphatic hydroxyl groups excluding tert-OH is 1. The summed E-state index contributed by atoms with van der Waals surface area (Å²) in [5, 5.41) is 27.3. The highest BCUT2D eigenvalue weighted by Crippen LogP contribution is 2.31. The number of hydrogen-bond donors (Lipinski definition) is 4. The number of carbonyl (C=O) groups is 1. The number of nitrogens with one attached hydrogen (secondary N) is 3. The zero-order chi connectivity index (χ0) is 20.5. The van der Waals surface area contributed by atoms with Crippen LogP contribution in [0.5, 0.6) is 0 Å². The number of hydrogen-bond acceptors (Lipinski definition) is 7. The highest BCUT2D eigenvalue weighted by Gasteiger charge is 2.29. The zero-order valence-electron chi connectivity index (χ0n) is 15.9. The Labute approximate surface area is 175 Å². The van der Waals surface area contributed by atoms with E-state index < -0.39 is 0 Å². The fourth-order valence-electron chi connectivity index (χ4n) is 2.98. The largest absolute Gasteiger partial charge is 0.390 e. The van der Waals surface area contributed by atoms with Crippen LogP contribution in [-0.2, 0) is 11.4 Å². The molecule has 3 heterocycles. The molecule has 0 saturated heterocycles. The molecule has 1 amide bonds. The van der Waals surface area contributed by atoms with Crippen molar-refractivity contribution >= 4 is 40.5 Å². The maximum atomic E-state index is 11.9. The van der Waals surface area contributed by atoms with Crippen LogP contribution in [0, 0.1) is 5.92 Å². The van der Waals surface area contributed by atoms with Crippen LogP contribution in [0.15, 0.2) is 58.7 Å². The summed E-state index contributed by atoms with van der Waals surface area (Å²) < 4.78 is 1.75. The van der Waals surface area contributed by atoms with E-state index in [-0.39, 0.29) is 18.4 Å². The molecule has 1 fully saturated rings. The molecule has 30 heavy (non-hydrogen) atoms. The van der Waals surface area contributed by atoms with Crippen molar-refractivity contribution < 1.29 is 9.90 Å². The lowest BCUT2D eigenvalue weighted by molar-refractivity contribution is -0.117. The monoisotopic (exact) mass is 421 g/mol. The average molecular weight is 421 g/mol. The molecule has 1 aliphatic rings. The van der Waals surface area contributed by atoms with Crippen LogP contribution < -0.4 is 10.6 Å². The molecule has 1 aliphatic carbocycles. The van der Waals surface area contributed by atoms with Gasteiger partial charge in [0.05, 0.1) is 12.3 Å². The predicted octanol–water partition coefficient (Wildman–Crippen LogP) is 3.19. The molecule has 9 nitrogen and oxygen atoms in total. The van der Waals surface area contributed by atoms with Crippen molar-refractivity contribution in [3.63, 3.8) is 0 Å². The fourth-order valence-corrected chi connectivity index (χ4v) is 3.73. The molecule has 0 radical (unpaired) electrons. The van der Waals surface area contributed by atoms with Crippen LogP contribution in [0.4, 0.5) is 17.3 Å². The Morgan fingerprint density at radius 2 is 2.10 bits per heavy atom. The first-order valence-corrected chi connectivity index (χ1v) is 10.4. The Morgan fingerprint density at radius 3 is 2.83 bits per heavy atom. The molecular weight excluding hydrogens is 402 g/mol. The van der Waals surface area contributed by atoms with E-state index in [1.54, 1.807) is 10.6 Å². The van der Waals surface area contributed by atoms with Crippen molar-refractivity contribution in [2.75, 3.05) is 10.6 Å². The van der Waals surface area contributed by atoms with Crippen LogP contribution in [0.25, 0.3) is 5.52 Å². The highest BCUT2D eigenvalue weighted by atomic mass is 32.2. The second-order valence-electron chi connectivity index (χ2n) is 7.03. The summed E-state index contributed by atoms with van der Waals surface area (Å²) >= 11 is 1.42. The Hall–Kier alpha value is -3.37. The Bertz CT molecular complexity index is 1200. The number of fused-ring (bicyclic) bond motifs is 1. The Balaban J connectivity index is 1.35. The van der Waals surface area contributed by atoms with Crippen LogP contribution in [0.2, 0.25) is 0 Å². The highest BCUT2D eigenvalue weighted by molar-refractivity contribution is 7.99. The van der Waals surface area contributed by atoms with Crippen molar-refractivity contribution in [1.29, 1.82) is 0 Å².